The van der Waals surface area contributed by atoms with E-state index < -0.39 is 5.97 Å². The van der Waals surface area contributed by atoms with Crippen molar-refractivity contribution in [2.45, 2.75) is 26.4 Å². The summed E-state index contributed by atoms with van der Waals surface area (Å²) in [6, 6.07) is 4.58. The monoisotopic (exact) mass is 372 g/mol. The number of imide groups is 1. The summed E-state index contributed by atoms with van der Waals surface area (Å²) in [4.78, 5) is 54.2. The number of aryl methyl sites for hydroxylation is 1. The molecule has 0 saturated carbocycles. The van der Waals surface area contributed by atoms with Crippen LogP contribution in [0.3, 0.4) is 0 Å². The first-order valence-electron chi connectivity index (χ1n) is 8.56. The maximum absolute atomic E-state index is 12.1. The first-order valence-corrected chi connectivity index (χ1v) is 8.56. The van der Waals surface area contributed by atoms with Gasteiger partial charge in [0, 0.05) is 32.3 Å². The standard InChI is InChI=1S/C18H20N4O5/c1-12-5-3-7-21-14(23)9-13(19-17(12)21)11-27-16(25)6-4-8-22-15(24)10-20(2)18(22)26/h3,5,7,9H,4,6,8,10-11H2,1-2H3. The number of ether oxygens (including phenoxy) is 1. The number of rotatable bonds is 6. The van der Waals surface area contributed by atoms with Crippen LogP contribution in [-0.2, 0) is 20.9 Å². The summed E-state index contributed by atoms with van der Waals surface area (Å²) in [5, 5.41) is 0. The molecule has 142 valence electrons. The Balaban J connectivity index is 1.53. The molecule has 9 heteroatoms. The lowest BCUT2D eigenvalue weighted by molar-refractivity contribution is -0.145. The third-order valence-electron chi connectivity index (χ3n) is 4.31. The third kappa shape index (κ3) is 3.97. The van der Waals surface area contributed by atoms with Gasteiger partial charge in [-0.3, -0.25) is 23.7 Å². The first kappa shape index (κ1) is 18.6. The van der Waals surface area contributed by atoms with Crippen molar-refractivity contribution in [2.75, 3.05) is 20.1 Å². The van der Waals surface area contributed by atoms with E-state index in [0.717, 1.165) is 10.5 Å². The van der Waals surface area contributed by atoms with E-state index in [1.165, 1.54) is 15.4 Å². The number of carbonyl (C=O) groups excluding carboxylic acids is 3. The summed E-state index contributed by atoms with van der Waals surface area (Å²) in [7, 11) is 1.55. The second-order valence-corrected chi connectivity index (χ2v) is 6.42. The van der Waals surface area contributed by atoms with Gasteiger partial charge in [-0.2, -0.15) is 0 Å². The van der Waals surface area contributed by atoms with Gasteiger partial charge in [0.1, 0.15) is 18.8 Å². The van der Waals surface area contributed by atoms with Crippen molar-refractivity contribution < 1.29 is 19.1 Å². The van der Waals surface area contributed by atoms with Crippen LogP contribution in [0.15, 0.2) is 29.2 Å². The van der Waals surface area contributed by atoms with Crippen molar-refractivity contribution in [1.29, 1.82) is 0 Å². The van der Waals surface area contributed by atoms with Crippen LogP contribution in [0.5, 0.6) is 0 Å². The summed E-state index contributed by atoms with van der Waals surface area (Å²) < 4.78 is 6.60. The molecule has 0 aromatic carbocycles. The maximum Gasteiger partial charge on any atom is 0.326 e. The SMILES string of the molecule is Cc1cccn2c(=O)cc(COC(=O)CCCN3C(=O)CN(C)C3=O)nc12. The molecule has 0 spiro atoms. The van der Waals surface area contributed by atoms with E-state index in [2.05, 4.69) is 4.98 Å². The van der Waals surface area contributed by atoms with Gasteiger partial charge in [-0.15, -0.1) is 0 Å². The van der Waals surface area contributed by atoms with Crippen molar-refractivity contribution in [3.05, 3.63) is 46.0 Å². The molecule has 1 saturated heterocycles. The normalized spacial score (nSPS) is 14.3. The highest BCUT2D eigenvalue weighted by Gasteiger charge is 2.32. The van der Waals surface area contributed by atoms with Crippen LogP contribution in [0.2, 0.25) is 0 Å². The van der Waals surface area contributed by atoms with Crippen LogP contribution < -0.4 is 5.56 Å². The number of amides is 3. The molecule has 1 aliphatic heterocycles. The number of nitrogens with zero attached hydrogens (tertiary/aromatic N) is 4. The van der Waals surface area contributed by atoms with E-state index in [1.807, 2.05) is 13.0 Å². The molecular weight excluding hydrogens is 352 g/mol. The van der Waals surface area contributed by atoms with Crippen LogP contribution in [0, 0.1) is 6.92 Å². The van der Waals surface area contributed by atoms with Crippen LogP contribution >= 0.6 is 0 Å². The Hall–Kier alpha value is -3.23. The van der Waals surface area contributed by atoms with Crippen molar-refractivity contribution in [3.8, 4) is 0 Å². The number of hydrogen-bond acceptors (Lipinski definition) is 6. The predicted octanol–water partition coefficient (Wildman–Crippen LogP) is 0.720. The Bertz CT molecular complexity index is 968. The molecular formula is C18H20N4O5. The number of likely N-dealkylation sites (N-methyl/N-ethyl adjacent to an activating group) is 1. The van der Waals surface area contributed by atoms with Crippen LogP contribution in [0.25, 0.3) is 5.65 Å². The Kier molecular flexibility index (Phi) is 5.20. The molecule has 3 heterocycles. The van der Waals surface area contributed by atoms with Gasteiger partial charge in [-0.1, -0.05) is 6.07 Å². The fraction of sp³-hybridized carbons (Fsp3) is 0.389. The minimum atomic E-state index is -0.478. The third-order valence-corrected chi connectivity index (χ3v) is 4.31. The highest BCUT2D eigenvalue weighted by atomic mass is 16.5. The fourth-order valence-electron chi connectivity index (χ4n) is 2.88. The molecule has 3 rings (SSSR count). The second kappa shape index (κ2) is 7.56. The van der Waals surface area contributed by atoms with Gasteiger partial charge in [0.05, 0.1) is 5.69 Å². The van der Waals surface area contributed by atoms with Gasteiger partial charge >= 0.3 is 12.0 Å². The molecule has 9 nitrogen and oxygen atoms in total. The Morgan fingerprint density at radius 1 is 1.30 bits per heavy atom. The smallest absolute Gasteiger partial charge is 0.326 e. The number of urea groups is 1. The lowest BCUT2D eigenvalue weighted by Crippen LogP contribution is -2.32. The van der Waals surface area contributed by atoms with Gasteiger partial charge in [0.25, 0.3) is 5.56 Å². The summed E-state index contributed by atoms with van der Waals surface area (Å²) in [6.45, 7) is 1.97. The van der Waals surface area contributed by atoms with E-state index >= 15 is 0 Å². The lowest BCUT2D eigenvalue weighted by Gasteiger charge is -2.13. The van der Waals surface area contributed by atoms with E-state index in [-0.39, 0.29) is 43.6 Å². The summed E-state index contributed by atoms with van der Waals surface area (Å²) in [6.07, 6.45) is 2.01. The zero-order chi connectivity index (χ0) is 19.6. The average molecular weight is 372 g/mol. The van der Waals surface area contributed by atoms with Gasteiger partial charge in [-0.25, -0.2) is 9.78 Å². The first-order chi connectivity index (χ1) is 12.9. The van der Waals surface area contributed by atoms with Gasteiger partial charge in [-0.05, 0) is 25.0 Å². The van der Waals surface area contributed by atoms with E-state index in [9.17, 15) is 19.2 Å². The molecule has 0 atom stereocenters. The number of pyridine rings is 1. The number of aromatic nitrogens is 2. The number of fused-ring (bicyclic) bond motifs is 1. The van der Waals surface area contributed by atoms with Crippen molar-refractivity contribution in [3.63, 3.8) is 0 Å². The second-order valence-electron chi connectivity index (χ2n) is 6.42. The molecule has 2 aromatic heterocycles. The lowest BCUT2D eigenvalue weighted by atomic mass is 10.3. The molecule has 0 bridgehead atoms. The van der Waals surface area contributed by atoms with Crippen LogP contribution in [0.4, 0.5) is 4.79 Å². The molecule has 2 aromatic rings. The van der Waals surface area contributed by atoms with Crippen molar-refractivity contribution in [1.82, 2.24) is 19.2 Å². The van der Waals surface area contributed by atoms with E-state index in [0.29, 0.717) is 17.8 Å². The number of hydrogen-bond donors (Lipinski definition) is 0. The zero-order valence-electron chi connectivity index (χ0n) is 15.2. The predicted molar refractivity (Wildman–Crippen MR) is 95.0 cm³/mol. The molecule has 0 unspecified atom stereocenters. The Morgan fingerprint density at radius 2 is 2.07 bits per heavy atom. The maximum atomic E-state index is 12.1. The average Bonchev–Trinajstić information content (AvgIpc) is 2.87. The van der Waals surface area contributed by atoms with Gasteiger partial charge in [0.2, 0.25) is 5.91 Å². The van der Waals surface area contributed by atoms with Gasteiger partial charge in [0.15, 0.2) is 0 Å². The summed E-state index contributed by atoms with van der Waals surface area (Å²) in [5.74, 6) is -0.749. The fourth-order valence-corrected chi connectivity index (χ4v) is 2.88. The highest BCUT2D eigenvalue weighted by Crippen LogP contribution is 2.10. The largest absolute Gasteiger partial charge is 0.459 e. The zero-order valence-corrected chi connectivity index (χ0v) is 15.2. The summed E-state index contributed by atoms with van der Waals surface area (Å²) in [5.41, 5.74) is 1.48. The van der Waals surface area contributed by atoms with Crippen LogP contribution in [-0.4, -0.2) is 57.2 Å². The minimum Gasteiger partial charge on any atom is -0.459 e. The highest BCUT2D eigenvalue weighted by molar-refractivity contribution is 6.01. The van der Waals surface area contributed by atoms with Crippen molar-refractivity contribution in [2.24, 2.45) is 0 Å². The van der Waals surface area contributed by atoms with Crippen LogP contribution in [0.1, 0.15) is 24.1 Å². The number of carbonyl (C=O) groups is 3. The molecule has 1 aliphatic rings. The molecule has 0 radical (unpaired) electrons. The molecule has 3 amide bonds. The van der Waals surface area contributed by atoms with E-state index in [1.54, 1.807) is 19.3 Å². The topological polar surface area (TPSA) is 101 Å². The molecule has 0 N–H and O–H groups in total. The molecule has 0 aliphatic carbocycles. The number of esters is 1. The molecule has 27 heavy (non-hydrogen) atoms. The quantitative estimate of drug-likeness (QED) is 0.547. The Morgan fingerprint density at radius 3 is 2.78 bits per heavy atom. The molecule has 1 fully saturated rings. The summed E-state index contributed by atoms with van der Waals surface area (Å²) >= 11 is 0. The van der Waals surface area contributed by atoms with Crippen molar-refractivity contribution >= 4 is 23.6 Å². The van der Waals surface area contributed by atoms with Gasteiger partial charge < -0.3 is 9.64 Å². The Labute approximate surface area is 155 Å². The minimum absolute atomic E-state index is 0.0614. The van der Waals surface area contributed by atoms with E-state index in [4.69, 9.17) is 4.74 Å².